The number of aliphatic hydroxyl groups is 2. The molecule has 4 aliphatic rings. The van der Waals surface area contributed by atoms with E-state index in [9.17, 15) is 10.2 Å². The van der Waals surface area contributed by atoms with Crippen LogP contribution in [0.5, 0.6) is 0 Å². The van der Waals surface area contributed by atoms with E-state index < -0.39 is 22.2 Å². The van der Waals surface area contributed by atoms with E-state index >= 15 is 0 Å². The lowest BCUT2D eigenvalue weighted by Crippen LogP contribution is -2.58. The lowest BCUT2D eigenvalue weighted by molar-refractivity contribution is -0.0438. The maximum Gasteiger partial charge on any atom is 0.192 e. The Balaban J connectivity index is 1.68. The predicted octanol–water partition coefficient (Wildman–Crippen LogP) is 10.1. The van der Waals surface area contributed by atoms with Gasteiger partial charge in [-0.2, -0.15) is 11.8 Å². The molecule has 45 heavy (non-hydrogen) atoms. The number of hydrogen-bond acceptors (Lipinski definition) is 5. The molecule has 7 heteroatoms. The van der Waals surface area contributed by atoms with E-state index in [4.69, 9.17) is 8.85 Å². The minimum Gasteiger partial charge on any atom is -0.414 e. The van der Waals surface area contributed by atoms with Crippen molar-refractivity contribution in [1.82, 2.24) is 0 Å². The zero-order valence-corrected chi connectivity index (χ0v) is 34.6. The highest BCUT2D eigenvalue weighted by atomic mass is 32.2. The smallest absolute Gasteiger partial charge is 0.192 e. The number of fused-ring (bicyclic) bond motifs is 5. The molecule has 4 nitrogen and oxygen atoms in total. The van der Waals surface area contributed by atoms with E-state index in [2.05, 4.69) is 101 Å². The van der Waals surface area contributed by atoms with Crippen LogP contribution in [0.25, 0.3) is 0 Å². The minimum absolute atomic E-state index is 0.0513. The summed E-state index contributed by atoms with van der Waals surface area (Å²) in [6, 6.07) is 0. The fraction of sp³-hybridized carbons (Fsp3) is 0.895. The maximum atomic E-state index is 11.7. The number of rotatable bonds is 9. The monoisotopic (exact) mass is 678 g/mol. The average molecular weight is 679 g/mol. The summed E-state index contributed by atoms with van der Waals surface area (Å²) in [6.45, 7) is 34.9. The van der Waals surface area contributed by atoms with E-state index in [0.717, 1.165) is 44.3 Å². The lowest BCUT2D eigenvalue weighted by Gasteiger charge is -2.59. The molecule has 0 spiro atoms. The lowest BCUT2D eigenvalue weighted by atomic mass is 9.49. The Morgan fingerprint density at radius 2 is 1.49 bits per heavy atom. The molecule has 1 unspecified atom stereocenters. The van der Waals surface area contributed by atoms with Crippen LogP contribution in [0, 0.1) is 28.6 Å². The quantitative estimate of drug-likeness (QED) is 0.238. The Hall–Kier alpha value is 0.104. The largest absolute Gasteiger partial charge is 0.414 e. The highest BCUT2D eigenvalue weighted by molar-refractivity contribution is 7.99. The first-order valence-corrected chi connectivity index (χ1v) is 24.9. The second-order valence-electron chi connectivity index (χ2n) is 19.6. The van der Waals surface area contributed by atoms with Crippen LogP contribution in [0.1, 0.15) is 115 Å². The number of allylic oxidation sites excluding steroid dienone is 3. The average Bonchev–Trinajstić information content (AvgIpc) is 3.12. The van der Waals surface area contributed by atoms with Gasteiger partial charge in [-0.05, 0) is 112 Å². The van der Waals surface area contributed by atoms with Gasteiger partial charge in [-0.3, -0.25) is 0 Å². The number of aliphatic hydroxyl groups excluding tert-OH is 1. The van der Waals surface area contributed by atoms with Gasteiger partial charge in [-0.1, -0.05) is 85.6 Å². The Kier molecular flexibility index (Phi) is 10.5. The molecule has 0 aromatic heterocycles. The van der Waals surface area contributed by atoms with Gasteiger partial charge in [0.2, 0.25) is 0 Å². The molecule has 4 rings (SSSR count). The molecule has 0 heterocycles. The van der Waals surface area contributed by atoms with Crippen molar-refractivity contribution in [3.8, 4) is 0 Å². The second-order valence-corrected chi connectivity index (χ2v) is 30.6. The molecule has 9 atom stereocenters. The van der Waals surface area contributed by atoms with Crippen molar-refractivity contribution in [2.45, 2.75) is 180 Å². The molecular formula is C38H70O4SSi2. The van der Waals surface area contributed by atoms with Crippen LogP contribution in [-0.4, -0.2) is 61.8 Å². The molecule has 0 saturated heterocycles. The van der Waals surface area contributed by atoms with E-state index in [1.54, 1.807) is 5.57 Å². The normalized spacial score (nSPS) is 36.9. The van der Waals surface area contributed by atoms with Crippen molar-refractivity contribution >= 4 is 28.4 Å². The van der Waals surface area contributed by atoms with E-state index in [0.29, 0.717) is 17.1 Å². The van der Waals surface area contributed by atoms with Gasteiger partial charge in [0.05, 0.1) is 23.9 Å². The first-order chi connectivity index (χ1) is 20.2. The van der Waals surface area contributed by atoms with E-state index in [1.165, 1.54) is 5.57 Å². The standard InChI is InChI=1S/C38H70O4SSi2/c1-25(43-21-20-36(8,9)40)33-31(39)24-30-28-17-16-26-22-27(41-44(12,13)34(2,3)4)23-32(42-45(14,15)35(5,6)7)38(26,11)29(28)18-19-37(30,33)10/h16-17,25,27,29-33,39-40H,18-24H2,1-15H3/t25?,27-,29+,30+,31+,32+,33+,37+,38+/m1/s1. The van der Waals surface area contributed by atoms with Crippen molar-refractivity contribution in [2.75, 3.05) is 5.75 Å². The van der Waals surface area contributed by atoms with Crippen LogP contribution < -0.4 is 0 Å². The number of thioether (sulfide) groups is 1. The van der Waals surface area contributed by atoms with Gasteiger partial charge in [0, 0.05) is 16.6 Å². The molecule has 3 saturated carbocycles. The summed E-state index contributed by atoms with van der Waals surface area (Å²) in [5.74, 6) is 2.04. The van der Waals surface area contributed by atoms with Crippen LogP contribution in [-0.2, 0) is 8.85 Å². The van der Waals surface area contributed by atoms with Crippen molar-refractivity contribution < 1.29 is 19.1 Å². The summed E-state index contributed by atoms with van der Waals surface area (Å²) < 4.78 is 14.7. The molecule has 2 N–H and O–H groups in total. The van der Waals surface area contributed by atoms with E-state index in [1.807, 2.05) is 25.6 Å². The first kappa shape index (κ1) is 37.9. The third-order valence-corrected chi connectivity index (χ3v) is 24.1. The highest BCUT2D eigenvalue weighted by Gasteiger charge is 2.62. The Bertz CT molecular complexity index is 1140. The molecule has 3 fully saturated rings. The summed E-state index contributed by atoms with van der Waals surface area (Å²) >= 11 is 1.94. The SMILES string of the molecule is CC(SCCC(C)(C)O)[C@H]1[C@@H](O)C[C@H]2C3=CC=C4C[C@@H](O[Si](C)(C)C(C)(C)C)C[C@H](O[Si](C)(C)C(C)(C)C)[C@]4(C)[C@H]3CC[C@@]21C. The fourth-order valence-electron chi connectivity index (χ4n) is 8.90. The third kappa shape index (κ3) is 7.21. The van der Waals surface area contributed by atoms with Gasteiger partial charge in [0.15, 0.2) is 16.6 Å². The highest BCUT2D eigenvalue weighted by Crippen LogP contribution is 2.67. The third-order valence-electron chi connectivity index (χ3n) is 13.8. The van der Waals surface area contributed by atoms with Gasteiger partial charge in [0.25, 0.3) is 0 Å². The van der Waals surface area contributed by atoms with Crippen molar-refractivity contribution in [3.05, 3.63) is 23.3 Å². The van der Waals surface area contributed by atoms with Crippen LogP contribution >= 0.6 is 11.8 Å². The van der Waals surface area contributed by atoms with Crippen molar-refractivity contribution in [1.29, 1.82) is 0 Å². The zero-order valence-electron chi connectivity index (χ0n) is 31.8. The van der Waals surface area contributed by atoms with Crippen molar-refractivity contribution in [2.24, 2.45) is 28.6 Å². The van der Waals surface area contributed by atoms with Crippen LogP contribution in [0.2, 0.25) is 36.3 Å². The molecule has 0 radical (unpaired) electrons. The predicted molar refractivity (Wildman–Crippen MR) is 199 cm³/mol. The molecule has 0 amide bonds. The topological polar surface area (TPSA) is 58.9 Å². The van der Waals surface area contributed by atoms with Crippen LogP contribution in [0.4, 0.5) is 0 Å². The molecule has 0 aromatic rings. The Morgan fingerprint density at radius 3 is 2.04 bits per heavy atom. The second kappa shape index (κ2) is 12.5. The van der Waals surface area contributed by atoms with Crippen molar-refractivity contribution in [3.63, 3.8) is 0 Å². The summed E-state index contributed by atoms with van der Waals surface area (Å²) in [4.78, 5) is 0. The van der Waals surface area contributed by atoms with Gasteiger partial charge in [-0.25, -0.2) is 0 Å². The molecule has 0 aliphatic heterocycles. The first-order valence-electron chi connectivity index (χ1n) is 18.0. The minimum atomic E-state index is -2.05. The van der Waals surface area contributed by atoms with E-state index in [-0.39, 0.29) is 45.1 Å². The fourth-order valence-corrected chi connectivity index (χ4v) is 13.4. The Labute approximate surface area is 284 Å². The van der Waals surface area contributed by atoms with Gasteiger partial charge < -0.3 is 19.1 Å². The number of hydrogen-bond donors (Lipinski definition) is 2. The maximum absolute atomic E-state index is 11.7. The van der Waals surface area contributed by atoms with Crippen LogP contribution in [0.3, 0.4) is 0 Å². The zero-order chi connectivity index (χ0) is 34.2. The van der Waals surface area contributed by atoms with Crippen LogP contribution in [0.15, 0.2) is 23.3 Å². The van der Waals surface area contributed by atoms with Gasteiger partial charge in [-0.15, -0.1) is 0 Å². The summed E-state index contributed by atoms with van der Waals surface area (Å²) in [5, 5.41) is 22.6. The summed E-state index contributed by atoms with van der Waals surface area (Å²) in [7, 11) is -3.99. The summed E-state index contributed by atoms with van der Waals surface area (Å²) in [6.07, 6.45) is 10.9. The Morgan fingerprint density at radius 1 is 0.911 bits per heavy atom. The molecule has 260 valence electrons. The van der Waals surface area contributed by atoms with Gasteiger partial charge >= 0.3 is 0 Å². The summed E-state index contributed by atoms with van der Waals surface area (Å²) in [5.41, 5.74) is 2.50. The molecule has 0 aromatic carbocycles. The molecule has 0 bridgehead atoms. The molecule has 4 aliphatic carbocycles. The van der Waals surface area contributed by atoms with Gasteiger partial charge in [0.1, 0.15) is 0 Å². The molecular weight excluding hydrogens is 609 g/mol.